The number of aromatic nitrogens is 2. The first-order valence-corrected chi connectivity index (χ1v) is 6.08. The number of H-pyrrole nitrogens is 2. The minimum absolute atomic E-state index is 0.171. The summed E-state index contributed by atoms with van der Waals surface area (Å²) in [6.45, 7) is 4.34. The Morgan fingerprint density at radius 3 is 2.38 bits per heavy atom. The Hall–Kier alpha value is -1.42. The molecule has 0 aliphatic rings. The largest absolute Gasteiger partial charge is 0.323 e. The van der Waals surface area contributed by atoms with Crippen LogP contribution in [0.15, 0.2) is 40.2 Å². The molecule has 0 saturated heterocycles. The van der Waals surface area contributed by atoms with Crippen molar-refractivity contribution in [3.05, 3.63) is 40.9 Å². The molecule has 16 heavy (non-hydrogen) atoms. The molecule has 0 amide bonds. The van der Waals surface area contributed by atoms with Crippen LogP contribution in [0.4, 0.5) is 0 Å². The van der Waals surface area contributed by atoms with Gasteiger partial charge < -0.3 is 9.97 Å². The zero-order chi connectivity index (χ0) is 11.5. The third kappa shape index (κ3) is 2.58. The molecule has 84 valence electrons. The first kappa shape index (κ1) is 11.1. The third-order valence-corrected chi connectivity index (χ3v) is 3.15. The molecule has 2 aromatic rings. The van der Waals surface area contributed by atoms with Gasteiger partial charge in [-0.1, -0.05) is 26.0 Å². The third-order valence-electron chi connectivity index (χ3n) is 2.13. The first-order chi connectivity index (χ1) is 7.65. The minimum atomic E-state index is -0.171. The van der Waals surface area contributed by atoms with Crippen LogP contribution < -0.4 is 5.69 Å². The maximum atomic E-state index is 11.0. The summed E-state index contributed by atoms with van der Waals surface area (Å²) in [5.41, 5.74) is 1.67. The molecular formula is C12H14N2OS. The fraction of sp³-hybridized carbons (Fsp3) is 0.250. The van der Waals surface area contributed by atoms with Crippen LogP contribution in [0.5, 0.6) is 0 Å². The summed E-state index contributed by atoms with van der Waals surface area (Å²) in [5.74, 6) is 0. The van der Waals surface area contributed by atoms with Crippen molar-refractivity contribution in [1.82, 2.24) is 9.97 Å². The SMILES string of the molecule is CC(C)Sc1ccc(-c2c[nH]c(=O)[nH]2)cc1. The Kier molecular flexibility index (Phi) is 3.19. The van der Waals surface area contributed by atoms with Crippen LogP contribution in [0.2, 0.25) is 0 Å². The monoisotopic (exact) mass is 234 g/mol. The molecule has 0 bridgehead atoms. The Balaban J connectivity index is 2.22. The van der Waals surface area contributed by atoms with Gasteiger partial charge in [0.15, 0.2) is 0 Å². The Morgan fingerprint density at radius 1 is 1.19 bits per heavy atom. The number of imidazole rings is 1. The molecule has 0 atom stereocenters. The van der Waals surface area contributed by atoms with Crippen LogP contribution in [0.1, 0.15) is 13.8 Å². The van der Waals surface area contributed by atoms with Crippen molar-refractivity contribution in [2.24, 2.45) is 0 Å². The van der Waals surface area contributed by atoms with E-state index in [1.165, 1.54) is 4.90 Å². The Morgan fingerprint density at radius 2 is 1.88 bits per heavy atom. The van der Waals surface area contributed by atoms with Gasteiger partial charge in [0.1, 0.15) is 0 Å². The molecule has 3 nitrogen and oxygen atoms in total. The maximum absolute atomic E-state index is 11.0. The van der Waals surface area contributed by atoms with Gasteiger partial charge >= 0.3 is 5.69 Å². The number of aromatic amines is 2. The highest BCUT2D eigenvalue weighted by atomic mass is 32.2. The second-order valence-corrected chi connectivity index (χ2v) is 5.50. The van der Waals surface area contributed by atoms with Crippen LogP contribution >= 0.6 is 11.8 Å². The van der Waals surface area contributed by atoms with E-state index in [2.05, 4.69) is 35.9 Å². The fourth-order valence-corrected chi connectivity index (χ4v) is 2.31. The topological polar surface area (TPSA) is 48.6 Å². The Labute approximate surface area is 98.3 Å². The van der Waals surface area contributed by atoms with E-state index in [0.717, 1.165) is 11.3 Å². The van der Waals surface area contributed by atoms with Crippen molar-refractivity contribution in [3.63, 3.8) is 0 Å². The predicted octanol–water partition coefficient (Wildman–Crippen LogP) is 2.87. The lowest BCUT2D eigenvalue weighted by Gasteiger charge is -2.05. The standard InChI is InChI=1S/C12H14N2OS/c1-8(2)16-10-5-3-9(4-6-10)11-7-13-12(15)14-11/h3-8H,1-2H3,(H2,13,14,15). The molecule has 1 aromatic carbocycles. The van der Waals surface area contributed by atoms with Gasteiger partial charge in [-0.25, -0.2) is 4.79 Å². The van der Waals surface area contributed by atoms with Gasteiger partial charge in [0, 0.05) is 16.3 Å². The van der Waals surface area contributed by atoms with Crippen molar-refractivity contribution < 1.29 is 0 Å². The number of thioether (sulfide) groups is 1. The van der Waals surface area contributed by atoms with E-state index in [4.69, 9.17) is 0 Å². The fourth-order valence-electron chi connectivity index (χ4n) is 1.47. The van der Waals surface area contributed by atoms with Gasteiger partial charge in [0.05, 0.1) is 5.69 Å². The summed E-state index contributed by atoms with van der Waals surface area (Å²) in [4.78, 5) is 17.5. The van der Waals surface area contributed by atoms with E-state index < -0.39 is 0 Å². The summed E-state index contributed by atoms with van der Waals surface area (Å²) in [7, 11) is 0. The van der Waals surface area contributed by atoms with Crippen molar-refractivity contribution in [2.45, 2.75) is 24.0 Å². The zero-order valence-electron chi connectivity index (χ0n) is 9.28. The highest BCUT2D eigenvalue weighted by Crippen LogP contribution is 2.25. The second kappa shape index (κ2) is 4.61. The number of benzene rings is 1. The number of hydrogen-bond acceptors (Lipinski definition) is 2. The van der Waals surface area contributed by atoms with Crippen molar-refractivity contribution in [1.29, 1.82) is 0 Å². The van der Waals surface area contributed by atoms with Gasteiger partial charge in [-0.2, -0.15) is 0 Å². The normalized spacial score (nSPS) is 10.9. The molecule has 4 heteroatoms. The molecule has 0 fully saturated rings. The molecule has 0 spiro atoms. The summed E-state index contributed by atoms with van der Waals surface area (Å²) < 4.78 is 0. The molecule has 0 aliphatic carbocycles. The van der Waals surface area contributed by atoms with Crippen LogP contribution in [-0.2, 0) is 0 Å². The van der Waals surface area contributed by atoms with Crippen LogP contribution in [-0.4, -0.2) is 15.2 Å². The number of nitrogens with one attached hydrogen (secondary N) is 2. The van der Waals surface area contributed by atoms with Gasteiger partial charge in [0.2, 0.25) is 0 Å². The zero-order valence-corrected chi connectivity index (χ0v) is 10.1. The van der Waals surface area contributed by atoms with E-state index in [0.29, 0.717) is 5.25 Å². The molecule has 1 heterocycles. The molecule has 0 unspecified atom stereocenters. The van der Waals surface area contributed by atoms with E-state index in [9.17, 15) is 4.79 Å². The van der Waals surface area contributed by atoms with Gasteiger partial charge in [0.25, 0.3) is 0 Å². The molecule has 1 aromatic heterocycles. The first-order valence-electron chi connectivity index (χ1n) is 5.20. The quantitative estimate of drug-likeness (QED) is 0.802. The van der Waals surface area contributed by atoms with Gasteiger partial charge in [-0.3, -0.25) is 0 Å². The van der Waals surface area contributed by atoms with E-state index in [1.807, 2.05) is 23.9 Å². The van der Waals surface area contributed by atoms with E-state index in [-0.39, 0.29) is 5.69 Å². The highest BCUT2D eigenvalue weighted by Gasteiger charge is 2.01. The van der Waals surface area contributed by atoms with E-state index >= 15 is 0 Å². The minimum Gasteiger partial charge on any atom is -0.312 e. The van der Waals surface area contributed by atoms with Crippen LogP contribution in [0.3, 0.4) is 0 Å². The lowest BCUT2D eigenvalue weighted by molar-refractivity contribution is 1.11. The highest BCUT2D eigenvalue weighted by molar-refractivity contribution is 7.99. The van der Waals surface area contributed by atoms with Crippen LogP contribution in [0, 0.1) is 0 Å². The molecule has 0 aliphatic heterocycles. The smallest absolute Gasteiger partial charge is 0.312 e. The average Bonchev–Trinajstić information content (AvgIpc) is 2.65. The average molecular weight is 234 g/mol. The molecule has 2 N–H and O–H groups in total. The van der Waals surface area contributed by atoms with Crippen molar-refractivity contribution in [3.8, 4) is 11.3 Å². The predicted molar refractivity (Wildman–Crippen MR) is 67.8 cm³/mol. The lowest BCUT2D eigenvalue weighted by Crippen LogP contribution is -1.99. The molecular weight excluding hydrogens is 220 g/mol. The number of hydrogen-bond donors (Lipinski definition) is 2. The number of rotatable bonds is 3. The summed E-state index contributed by atoms with van der Waals surface area (Å²) in [5, 5.41) is 0.581. The van der Waals surface area contributed by atoms with Crippen molar-refractivity contribution in [2.75, 3.05) is 0 Å². The summed E-state index contributed by atoms with van der Waals surface area (Å²) in [6.07, 6.45) is 1.69. The van der Waals surface area contributed by atoms with Crippen LogP contribution in [0.25, 0.3) is 11.3 Å². The van der Waals surface area contributed by atoms with Crippen molar-refractivity contribution >= 4 is 11.8 Å². The van der Waals surface area contributed by atoms with Gasteiger partial charge in [-0.05, 0) is 17.7 Å². The van der Waals surface area contributed by atoms with Gasteiger partial charge in [-0.15, -0.1) is 11.8 Å². The lowest BCUT2D eigenvalue weighted by atomic mass is 10.2. The second-order valence-electron chi connectivity index (χ2n) is 3.85. The molecule has 0 radical (unpaired) electrons. The molecule has 2 rings (SSSR count). The summed E-state index contributed by atoms with van der Waals surface area (Å²) in [6, 6.07) is 8.18. The van der Waals surface area contributed by atoms with E-state index in [1.54, 1.807) is 6.20 Å². The summed E-state index contributed by atoms with van der Waals surface area (Å²) >= 11 is 1.83. The molecule has 0 saturated carbocycles. The Bertz CT molecular complexity index is 510. The maximum Gasteiger partial charge on any atom is 0.323 e.